The highest BCUT2D eigenvalue weighted by Gasteiger charge is 2.14. The minimum atomic E-state index is 0.826. The molecule has 0 fully saturated rings. The molecule has 0 saturated carbocycles. The molecule has 0 radical (unpaired) electrons. The number of fused-ring (bicyclic) bond motifs is 3. The maximum atomic E-state index is 4.76. The van der Waals surface area contributed by atoms with Crippen molar-refractivity contribution in [2.24, 2.45) is 7.05 Å². The summed E-state index contributed by atoms with van der Waals surface area (Å²) in [6.07, 6.45) is 0. The van der Waals surface area contributed by atoms with Crippen molar-refractivity contribution in [1.82, 2.24) is 24.4 Å². The monoisotopic (exact) mass is 306 g/mol. The van der Waals surface area contributed by atoms with E-state index in [9.17, 15) is 0 Å². The van der Waals surface area contributed by atoms with E-state index in [1.54, 1.807) is 0 Å². The van der Waals surface area contributed by atoms with Crippen LogP contribution in [0.5, 0.6) is 0 Å². The molecular formula is C17H18N6. The Kier molecular flexibility index (Phi) is 2.87. The molecule has 0 bridgehead atoms. The van der Waals surface area contributed by atoms with Gasteiger partial charge in [-0.15, -0.1) is 0 Å². The third-order valence-electron chi connectivity index (χ3n) is 4.18. The number of hydrogen-bond acceptors (Lipinski definition) is 4. The van der Waals surface area contributed by atoms with Gasteiger partial charge in [0.05, 0.1) is 28.3 Å². The van der Waals surface area contributed by atoms with E-state index in [1.807, 2.05) is 55.2 Å². The Balaban J connectivity index is 1.98. The summed E-state index contributed by atoms with van der Waals surface area (Å²) in [6.45, 7) is 6.02. The van der Waals surface area contributed by atoms with Gasteiger partial charge in [-0.1, -0.05) is 12.1 Å². The van der Waals surface area contributed by atoms with Gasteiger partial charge in [-0.3, -0.25) is 4.68 Å². The zero-order chi connectivity index (χ0) is 16.1. The van der Waals surface area contributed by atoms with Crippen LogP contribution in [0, 0.1) is 20.8 Å². The van der Waals surface area contributed by atoms with Crippen LogP contribution in [0.1, 0.15) is 17.1 Å². The van der Waals surface area contributed by atoms with Gasteiger partial charge in [0.25, 0.3) is 0 Å². The van der Waals surface area contributed by atoms with Crippen LogP contribution in [-0.4, -0.2) is 24.4 Å². The first kappa shape index (κ1) is 13.8. The predicted molar refractivity (Wildman–Crippen MR) is 91.2 cm³/mol. The molecule has 116 valence electrons. The summed E-state index contributed by atoms with van der Waals surface area (Å²) in [6, 6.07) is 10.1. The number of nitrogens with zero attached hydrogens (tertiary/aromatic N) is 5. The van der Waals surface area contributed by atoms with Crippen molar-refractivity contribution < 1.29 is 0 Å². The van der Waals surface area contributed by atoms with E-state index in [2.05, 4.69) is 27.6 Å². The van der Waals surface area contributed by atoms with Gasteiger partial charge in [0.1, 0.15) is 5.82 Å². The fourth-order valence-corrected chi connectivity index (χ4v) is 2.94. The van der Waals surface area contributed by atoms with Crippen molar-refractivity contribution >= 4 is 28.1 Å². The van der Waals surface area contributed by atoms with Crippen molar-refractivity contribution in [2.45, 2.75) is 20.8 Å². The van der Waals surface area contributed by atoms with Gasteiger partial charge in [0.2, 0.25) is 0 Å². The van der Waals surface area contributed by atoms with Crippen LogP contribution >= 0.6 is 0 Å². The summed E-state index contributed by atoms with van der Waals surface area (Å²) in [5.41, 5.74) is 5.87. The molecule has 6 heteroatoms. The van der Waals surface area contributed by atoms with Crippen molar-refractivity contribution in [3.05, 3.63) is 47.4 Å². The zero-order valence-electron chi connectivity index (χ0n) is 13.6. The summed E-state index contributed by atoms with van der Waals surface area (Å²) in [7, 11) is 1.95. The van der Waals surface area contributed by atoms with Crippen LogP contribution in [0.25, 0.3) is 16.6 Å². The number of aromatic nitrogens is 5. The predicted octanol–water partition coefficient (Wildman–Crippen LogP) is 3.28. The molecule has 0 aliphatic carbocycles. The lowest BCUT2D eigenvalue weighted by atomic mass is 10.2. The summed E-state index contributed by atoms with van der Waals surface area (Å²) >= 11 is 0. The Hall–Kier alpha value is -2.89. The minimum Gasteiger partial charge on any atom is -0.337 e. The normalized spacial score (nSPS) is 11.5. The van der Waals surface area contributed by atoms with E-state index in [4.69, 9.17) is 4.98 Å². The highest BCUT2D eigenvalue weighted by Crippen LogP contribution is 2.28. The smallest absolute Gasteiger partial charge is 0.158 e. The number of anilines is 2. The Bertz CT molecular complexity index is 1040. The second-order valence-electron chi connectivity index (χ2n) is 5.83. The lowest BCUT2D eigenvalue weighted by Crippen LogP contribution is -2.01. The first-order valence-corrected chi connectivity index (χ1v) is 7.57. The van der Waals surface area contributed by atoms with Crippen molar-refractivity contribution in [3.8, 4) is 0 Å². The molecule has 4 rings (SSSR count). The Morgan fingerprint density at radius 1 is 1.04 bits per heavy atom. The van der Waals surface area contributed by atoms with Crippen LogP contribution in [0.15, 0.2) is 30.3 Å². The fourth-order valence-electron chi connectivity index (χ4n) is 2.94. The molecule has 0 spiro atoms. The second kappa shape index (κ2) is 4.81. The summed E-state index contributed by atoms with van der Waals surface area (Å²) in [4.78, 5) is 4.76. The molecule has 4 aromatic rings. The average molecular weight is 306 g/mol. The maximum absolute atomic E-state index is 4.76. The van der Waals surface area contributed by atoms with E-state index >= 15 is 0 Å². The van der Waals surface area contributed by atoms with E-state index in [1.165, 1.54) is 0 Å². The van der Waals surface area contributed by atoms with Crippen molar-refractivity contribution in [2.75, 3.05) is 5.32 Å². The summed E-state index contributed by atoms with van der Waals surface area (Å²) in [5.74, 6) is 0.826. The van der Waals surface area contributed by atoms with Gasteiger partial charge in [-0.25, -0.2) is 9.50 Å². The van der Waals surface area contributed by atoms with Crippen molar-refractivity contribution in [1.29, 1.82) is 0 Å². The molecule has 0 amide bonds. The SMILES string of the molecule is Cc1cc2nc(Nc3c(C)nn(C)c3C)c3ccccc3n2n1. The molecule has 0 saturated heterocycles. The topological polar surface area (TPSA) is 60.0 Å². The quantitative estimate of drug-likeness (QED) is 0.617. The Labute approximate surface area is 133 Å². The molecule has 23 heavy (non-hydrogen) atoms. The number of rotatable bonds is 2. The molecule has 6 nitrogen and oxygen atoms in total. The molecule has 3 heterocycles. The highest BCUT2D eigenvalue weighted by atomic mass is 15.3. The molecule has 1 N–H and O–H groups in total. The number of aryl methyl sites for hydroxylation is 3. The second-order valence-corrected chi connectivity index (χ2v) is 5.83. The van der Waals surface area contributed by atoms with Crippen molar-refractivity contribution in [3.63, 3.8) is 0 Å². The average Bonchev–Trinajstić information content (AvgIpc) is 3.01. The fraction of sp³-hybridized carbons (Fsp3) is 0.235. The van der Waals surface area contributed by atoms with Crippen LogP contribution in [0.3, 0.4) is 0 Å². The van der Waals surface area contributed by atoms with Gasteiger partial charge >= 0.3 is 0 Å². The number of nitrogens with one attached hydrogen (secondary N) is 1. The van der Waals surface area contributed by atoms with E-state index in [-0.39, 0.29) is 0 Å². The molecule has 0 aliphatic rings. The molecule has 0 atom stereocenters. The van der Waals surface area contributed by atoms with Gasteiger partial charge in [0.15, 0.2) is 5.65 Å². The standard InChI is InChI=1S/C17H18N6/c1-10-9-15-18-17(19-16-11(2)21-22(4)12(16)3)13-7-5-6-8-14(13)23(15)20-10/h5-9H,1-4H3,(H,18,19). The van der Waals surface area contributed by atoms with Gasteiger partial charge in [-0.2, -0.15) is 10.2 Å². The van der Waals surface area contributed by atoms with Crippen LogP contribution in [-0.2, 0) is 7.05 Å². The van der Waals surface area contributed by atoms with Gasteiger partial charge < -0.3 is 5.32 Å². The summed E-state index contributed by atoms with van der Waals surface area (Å²) < 4.78 is 3.76. The van der Waals surface area contributed by atoms with Gasteiger partial charge in [-0.05, 0) is 32.9 Å². The van der Waals surface area contributed by atoms with E-state index in [0.717, 1.165) is 45.1 Å². The maximum Gasteiger partial charge on any atom is 0.158 e. The van der Waals surface area contributed by atoms with Crippen LogP contribution in [0.2, 0.25) is 0 Å². The molecule has 1 aromatic carbocycles. The third kappa shape index (κ3) is 2.06. The summed E-state index contributed by atoms with van der Waals surface area (Å²) in [5, 5.41) is 13.5. The van der Waals surface area contributed by atoms with Crippen LogP contribution in [0.4, 0.5) is 11.5 Å². The highest BCUT2D eigenvalue weighted by molar-refractivity contribution is 5.93. The lowest BCUT2D eigenvalue weighted by molar-refractivity contribution is 0.731. The molecule has 0 unspecified atom stereocenters. The van der Waals surface area contributed by atoms with Crippen LogP contribution < -0.4 is 5.32 Å². The van der Waals surface area contributed by atoms with E-state index in [0.29, 0.717) is 0 Å². The number of hydrogen-bond donors (Lipinski definition) is 1. The zero-order valence-corrected chi connectivity index (χ0v) is 13.6. The third-order valence-corrected chi connectivity index (χ3v) is 4.18. The van der Waals surface area contributed by atoms with Gasteiger partial charge in [0, 0.05) is 18.5 Å². The molecular weight excluding hydrogens is 288 g/mol. The molecule has 0 aliphatic heterocycles. The number of para-hydroxylation sites is 1. The Morgan fingerprint density at radius 2 is 1.83 bits per heavy atom. The molecule has 3 aromatic heterocycles. The minimum absolute atomic E-state index is 0.826. The first-order chi connectivity index (χ1) is 11.0. The Morgan fingerprint density at radius 3 is 2.57 bits per heavy atom. The largest absolute Gasteiger partial charge is 0.337 e. The lowest BCUT2D eigenvalue weighted by Gasteiger charge is -2.10. The first-order valence-electron chi connectivity index (χ1n) is 7.57. The van der Waals surface area contributed by atoms with E-state index < -0.39 is 0 Å². The number of benzene rings is 1.